The van der Waals surface area contributed by atoms with E-state index in [-0.39, 0.29) is 31.5 Å². The number of phosphoric ester groups is 1. The molecular weight excluding hydrogens is 1000 g/mol. The number of unbranched alkanes of at least 4 members (excludes halogenated alkanes) is 40. The Balaban J connectivity index is 4.98. The first kappa shape index (κ1) is 77.0. The third kappa shape index (κ3) is 60.4. The first-order chi connectivity index (χ1) is 38.4. The molecule has 0 heterocycles. The number of ether oxygens (including phenoxy) is 1. The molecule has 0 aromatic carbocycles. The van der Waals surface area contributed by atoms with E-state index < -0.39 is 20.0 Å². The van der Waals surface area contributed by atoms with Gasteiger partial charge in [0.25, 0.3) is 0 Å². The van der Waals surface area contributed by atoms with Gasteiger partial charge in [0.2, 0.25) is 5.91 Å². The Morgan fingerprint density at radius 2 is 0.810 bits per heavy atom. The molecule has 0 aliphatic carbocycles. The number of hydrogen-bond acceptors (Lipinski definition) is 6. The summed E-state index contributed by atoms with van der Waals surface area (Å²) in [7, 11) is 1.50. The highest BCUT2D eigenvalue weighted by atomic mass is 31.2. The molecule has 464 valence electrons. The van der Waals surface area contributed by atoms with Crippen LogP contribution in [0.4, 0.5) is 0 Å². The minimum Gasteiger partial charge on any atom is -0.456 e. The van der Waals surface area contributed by atoms with Gasteiger partial charge in [0.1, 0.15) is 19.3 Å². The second kappa shape index (κ2) is 59.1. The summed E-state index contributed by atoms with van der Waals surface area (Å²) in [6, 6.07) is -0.850. The van der Waals surface area contributed by atoms with E-state index in [4.69, 9.17) is 13.8 Å². The molecule has 0 aliphatic heterocycles. The quantitative estimate of drug-likeness (QED) is 0.0205. The molecular formula is C69H132N2O7P+. The molecule has 0 saturated heterocycles. The van der Waals surface area contributed by atoms with Gasteiger partial charge in [0.05, 0.1) is 33.8 Å². The molecule has 0 bridgehead atoms. The molecule has 0 rings (SSSR count). The van der Waals surface area contributed by atoms with Crippen LogP contribution < -0.4 is 5.32 Å². The van der Waals surface area contributed by atoms with Crippen LogP contribution in [0.2, 0.25) is 0 Å². The first-order valence-corrected chi connectivity index (χ1v) is 35.5. The predicted octanol–water partition coefficient (Wildman–Crippen LogP) is 21.2. The summed E-state index contributed by atoms with van der Waals surface area (Å²) in [6.07, 6.45) is 74.1. The third-order valence-corrected chi connectivity index (χ3v) is 16.2. The van der Waals surface area contributed by atoms with Crippen LogP contribution in [0.15, 0.2) is 48.6 Å². The highest BCUT2D eigenvalue weighted by Crippen LogP contribution is 2.43. The zero-order valence-electron chi connectivity index (χ0n) is 53.1. The number of phosphoric acid groups is 1. The number of nitrogens with zero attached hydrogens (tertiary/aromatic N) is 1. The smallest absolute Gasteiger partial charge is 0.456 e. The van der Waals surface area contributed by atoms with Gasteiger partial charge in [-0.05, 0) is 83.1 Å². The Morgan fingerprint density at radius 3 is 1.22 bits per heavy atom. The van der Waals surface area contributed by atoms with E-state index in [0.29, 0.717) is 17.4 Å². The Kier molecular flexibility index (Phi) is 57.6. The van der Waals surface area contributed by atoms with Crippen LogP contribution in [0.5, 0.6) is 0 Å². The number of rotatable bonds is 62. The van der Waals surface area contributed by atoms with Gasteiger partial charge in [0.15, 0.2) is 0 Å². The second-order valence-corrected chi connectivity index (χ2v) is 25.8. The number of quaternary nitrogens is 1. The molecule has 0 aromatic rings. The number of allylic oxidation sites excluding steroid dienone is 7. The summed E-state index contributed by atoms with van der Waals surface area (Å²) in [5.41, 5.74) is 0. The van der Waals surface area contributed by atoms with Gasteiger partial charge in [0, 0.05) is 12.8 Å². The van der Waals surface area contributed by atoms with Gasteiger partial charge in [-0.15, -0.1) is 0 Å². The third-order valence-electron chi connectivity index (χ3n) is 15.3. The second-order valence-electron chi connectivity index (χ2n) is 24.3. The van der Waals surface area contributed by atoms with Crippen molar-refractivity contribution in [1.82, 2.24) is 5.32 Å². The fourth-order valence-electron chi connectivity index (χ4n) is 10.0. The number of nitrogens with one attached hydrogen (secondary N) is 1. The highest BCUT2D eigenvalue weighted by Gasteiger charge is 2.30. The van der Waals surface area contributed by atoms with Crippen molar-refractivity contribution in [2.45, 2.75) is 341 Å². The first-order valence-electron chi connectivity index (χ1n) is 34.0. The summed E-state index contributed by atoms with van der Waals surface area (Å²) in [5.74, 6) is -0.502. The van der Waals surface area contributed by atoms with Gasteiger partial charge < -0.3 is 19.4 Å². The number of carbonyl (C=O) groups excluding carboxylic acids is 2. The lowest BCUT2D eigenvalue weighted by atomic mass is 10.0. The van der Waals surface area contributed by atoms with Crippen molar-refractivity contribution >= 4 is 19.7 Å². The van der Waals surface area contributed by atoms with Crippen molar-refractivity contribution in [1.29, 1.82) is 0 Å². The maximum Gasteiger partial charge on any atom is 0.472 e. The Hall–Kier alpha value is -2.03. The molecule has 0 spiro atoms. The molecule has 10 heteroatoms. The number of likely N-dealkylation sites (N-methyl/N-ethyl adjacent to an activating group) is 1. The van der Waals surface area contributed by atoms with E-state index in [1.54, 1.807) is 0 Å². The van der Waals surface area contributed by atoms with Gasteiger partial charge in [-0.1, -0.05) is 282 Å². The van der Waals surface area contributed by atoms with E-state index >= 15 is 0 Å². The zero-order valence-corrected chi connectivity index (χ0v) is 54.0. The number of amides is 1. The topological polar surface area (TPSA) is 111 Å². The summed E-state index contributed by atoms with van der Waals surface area (Å²) >= 11 is 0. The molecule has 1 amide bonds. The fraction of sp³-hybridized carbons (Fsp3) is 0.855. The molecule has 0 fully saturated rings. The average molecular weight is 1130 g/mol. The van der Waals surface area contributed by atoms with Crippen molar-refractivity contribution in [2.75, 3.05) is 40.9 Å². The summed E-state index contributed by atoms with van der Waals surface area (Å²) < 4.78 is 30.7. The van der Waals surface area contributed by atoms with Crippen LogP contribution in [-0.2, 0) is 27.9 Å². The lowest BCUT2D eigenvalue weighted by molar-refractivity contribution is -0.870. The minimum atomic E-state index is -4.45. The van der Waals surface area contributed by atoms with Crippen LogP contribution in [0.25, 0.3) is 0 Å². The molecule has 0 aromatic heterocycles. The van der Waals surface area contributed by atoms with Crippen molar-refractivity contribution < 1.29 is 37.3 Å². The Morgan fingerprint density at radius 1 is 0.456 bits per heavy atom. The van der Waals surface area contributed by atoms with Crippen LogP contribution in [0.3, 0.4) is 0 Å². The van der Waals surface area contributed by atoms with Crippen LogP contribution in [-0.4, -0.2) is 74.3 Å². The number of carbonyl (C=O) groups is 2. The minimum absolute atomic E-state index is 0.0401. The average Bonchev–Trinajstić information content (AvgIpc) is 3.41. The Bertz CT molecular complexity index is 1490. The SMILES string of the molecule is CC/C=C/C/C=C/CCCCCCCCCC(=O)OC(/C=C\CCCCCCCCCCCC)C(COP(=O)(O)OCC[N+](C)(C)C)NC(=O)CCCCCCCCCCCCCCCCCCC/C=C/CCCCCCCC. The van der Waals surface area contributed by atoms with Gasteiger partial charge in [-0.2, -0.15) is 0 Å². The van der Waals surface area contributed by atoms with E-state index in [9.17, 15) is 19.0 Å². The molecule has 3 unspecified atom stereocenters. The molecule has 9 nitrogen and oxygen atoms in total. The number of hydrogen-bond donors (Lipinski definition) is 2. The van der Waals surface area contributed by atoms with E-state index in [2.05, 4.69) is 62.5 Å². The van der Waals surface area contributed by atoms with Crippen LogP contribution >= 0.6 is 7.82 Å². The molecule has 0 saturated carbocycles. The van der Waals surface area contributed by atoms with Gasteiger partial charge >= 0.3 is 13.8 Å². The maximum absolute atomic E-state index is 13.6. The fourth-order valence-corrected chi connectivity index (χ4v) is 10.8. The van der Waals surface area contributed by atoms with E-state index in [1.165, 1.54) is 212 Å². The zero-order chi connectivity index (χ0) is 57.9. The van der Waals surface area contributed by atoms with Gasteiger partial charge in [-0.25, -0.2) is 4.57 Å². The van der Waals surface area contributed by atoms with Crippen LogP contribution in [0, 0.1) is 0 Å². The van der Waals surface area contributed by atoms with Crippen LogP contribution in [0.1, 0.15) is 329 Å². The number of esters is 1. The summed E-state index contributed by atoms with van der Waals surface area (Å²) in [5, 5.41) is 3.07. The van der Waals surface area contributed by atoms with Crippen molar-refractivity contribution in [3.05, 3.63) is 48.6 Å². The maximum atomic E-state index is 13.6. The molecule has 0 aliphatic rings. The largest absolute Gasteiger partial charge is 0.472 e. The van der Waals surface area contributed by atoms with E-state index in [1.807, 2.05) is 33.3 Å². The normalized spacial score (nSPS) is 13.9. The molecule has 79 heavy (non-hydrogen) atoms. The Labute approximate surface area is 490 Å². The molecule has 2 N–H and O–H groups in total. The lowest BCUT2D eigenvalue weighted by Crippen LogP contribution is -2.47. The molecule has 0 radical (unpaired) electrons. The standard InChI is InChI=1S/C69H131N2O7P/c1-7-10-13-16-19-22-25-28-30-31-32-33-34-35-36-37-38-39-40-41-42-43-46-49-52-55-58-61-68(72)70-66(65-77-79(74,75)76-64-63-71(4,5)6)67(60-57-54-51-48-45-27-24-21-18-15-12-9-3)78-69(73)62-59-56-53-50-47-44-29-26-23-20-17-14-11-8-2/h11,14,20,23,28,30,57,60,66-67H,7-10,12-13,15-19,21-22,24-27,29,31-56,58-59,61-65H2,1-6H3,(H-,70,72,74,75)/p+1/b14-11+,23-20+,30-28+,60-57-. The lowest BCUT2D eigenvalue weighted by Gasteiger charge is -2.27. The summed E-state index contributed by atoms with van der Waals surface area (Å²) in [4.78, 5) is 37.8. The van der Waals surface area contributed by atoms with Crippen molar-refractivity contribution in [3.63, 3.8) is 0 Å². The molecule has 3 atom stereocenters. The van der Waals surface area contributed by atoms with E-state index in [0.717, 1.165) is 83.5 Å². The predicted molar refractivity (Wildman–Crippen MR) is 342 cm³/mol. The highest BCUT2D eigenvalue weighted by molar-refractivity contribution is 7.47. The monoisotopic (exact) mass is 1130 g/mol. The van der Waals surface area contributed by atoms with Gasteiger partial charge in [-0.3, -0.25) is 18.6 Å². The van der Waals surface area contributed by atoms with Crippen molar-refractivity contribution in [2.24, 2.45) is 0 Å². The summed E-state index contributed by atoms with van der Waals surface area (Å²) in [6.45, 7) is 6.93. The van der Waals surface area contributed by atoms with Crippen molar-refractivity contribution in [3.8, 4) is 0 Å².